The molecule has 0 bridgehead atoms. The van der Waals surface area contributed by atoms with Crippen molar-refractivity contribution in [3.63, 3.8) is 0 Å². The van der Waals surface area contributed by atoms with E-state index in [1.807, 2.05) is 18.5 Å². The second-order valence-corrected chi connectivity index (χ2v) is 8.12. The van der Waals surface area contributed by atoms with Crippen molar-refractivity contribution in [1.82, 2.24) is 24.9 Å². The number of anilines is 1. The Balaban J connectivity index is 1.24. The van der Waals surface area contributed by atoms with Gasteiger partial charge >= 0.3 is 0 Å². The molecule has 2 aliphatic rings. The van der Waals surface area contributed by atoms with Crippen molar-refractivity contribution < 1.29 is 4.74 Å². The van der Waals surface area contributed by atoms with Crippen LogP contribution >= 0.6 is 0 Å². The lowest BCUT2D eigenvalue weighted by molar-refractivity contribution is -0.165. The second kappa shape index (κ2) is 6.49. The average Bonchev–Trinajstić information content (AvgIpc) is 3.16. The highest BCUT2D eigenvalue weighted by Gasteiger charge is 2.41. The highest BCUT2D eigenvalue weighted by Crippen LogP contribution is 2.41. The molecule has 7 heteroatoms. The minimum absolute atomic E-state index is 0.182. The van der Waals surface area contributed by atoms with E-state index < -0.39 is 0 Å². The van der Waals surface area contributed by atoms with Crippen molar-refractivity contribution >= 4 is 28.0 Å². The van der Waals surface area contributed by atoms with Gasteiger partial charge in [-0.25, -0.2) is 4.98 Å². The van der Waals surface area contributed by atoms with E-state index in [1.54, 1.807) is 12.4 Å². The van der Waals surface area contributed by atoms with Crippen LogP contribution in [0.4, 0.5) is 5.95 Å². The van der Waals surface area contributed by atoms with Gasteiger partial charge in [0, 0.05) is 41.8 Å². The maximum Gasteiger partial charge on any atom is 0.224 e. The van der Waals surface area contributed by atoms with Gasteiger partial charge in [0.25, 0.3) is 0 Å². The zero-order valence-electron chi connectivity index (χ0n) is 16.1. The minimum atomic E-state index is 0.182. The summed E-state index contributed by atoms with van der Waals surface area (Å²) in [5.74, 6) is 0.686. The lowest BCUT2D eigenvalue weighted by atomic mass is 9.77. The SMILES string of the molecule is c1cnc2cc(-c3c[nH]c4nc(N[C@H]5CC[C@]6(CCO6)CC5)ncc34)ccc2n1. The quantitative estimate of drug-likeness (QED) is 0.551. The number of fused-ring (bicyclic) bond motifs is 2. The number of nitrogens with zero attached hydrogens (tertiary/aromatic N) is 4. The highest BCUT2D eigenvalue weighted by molar-refractivity contribution is 5.95. The van der Waals surface area contributed by atoms with Crippen LogP contribution < -0.4 is 5.32 Å². The van der Waals surface area contributed by atoms with Gasteiger partial charge in [-0.1, -0.05) is 6.07 Å². The van der Waals surface area contributed by atoms with Crippen LogP contribution in [-0.2, 0) is 4.74 Å². The topological polar surface area (TPSA) is 88.6 Å². The molecule has 4 aromatic rings. The third kappa shape index (κ3) is 2.93. The Morgan fingerprint density at radius 1 is 1.03 bits per heavy atom. The van der Waals surface area contributed by atoms with Crippen molar-refractivity contribution in [2.24, 2.45) is 0 Å². The number of H-pyrrole nitrogens is 1. The summed E-state index contributed by atoms with van der Waals surface area (Å²) in [6, 6.07) is 6.52. The monoisotopic (exact) mass is 386 g/mol. The molecule has 0 radical (unpaired) electrons. The smallest absolute Gasteiger partial charge is 0.224 e. The lowest BCUT2D eigenvalue weighted by Gasteiger charge is -2.46. The summed E-state index contributed by atoms with van der Waals surface area (Å²) >= 11 is 0. The number of hydrogen-bond acceptors (Lipinski definition) is 6. The first kappa shape index (κ1) is 16.9. The van der Waals surface area contributed by atoms with Crippen LogP contribution in [0.15, 0.2) is 43.0 Å². The zero-order valence-corrected chi connectivity index (χ0v) is 16.1. The van der Waals surface area contributed by atoms with Gasteiger partial charge in [-0.2, -0.15) is 4.98 Å². The summed E-state index contributed by atoms with van der Waals surface area (Å²) in [6.45, 7) is 0.927. The molecule has 1 saturated heterocycles. The molecule has 1 aliphatic carbocycles. The molecule has 2 N–H and O–H groups in total. The Morgan fingerprint density at radius 3 is 2.66 bits per heavy atom. The summed E-state index contributed by atoms with van der Waals surface area (Å²) in [7, 11) is 0. The van der Waals surface area contributed by atoms with E-state index in [2.05, 4.69) is 37.4 Å². The minimum Gasteiger partial charge on any atom is -0.375 e. The van der Waals surface area contributed by atoms with Crippen molar-refractivity contribution in [2.75, 3.05) is 11.9 Å². The molecule has 1 saturated carbocycles. The number of ether oxygens (including phenoxy) is 1. The predicted octanol–water partition coefficient (Wildman–Crippen LogP) is 4.08. The van der Waals surface area contributed by atoms with Crippen molar-refractivity contribution in [1.29, 1.82) is 0 Å². The van der Waals surface area contributed by atoms with Gasteiger partial charge in [-0.05, 0) is 49.8 Å². The van der Waals surface area contributed by atoms with E-state index in [4.69, 9.17) is 9.72 Å². The molecule has 29 heavy (non-hydrogen) atoms. The Kier molecular flexibility index (Phi) is 3.77. The van der Waals surface area contributed by atoms with Crippen molar-refractivity contribution in [2.45, 2.75) is 43.7 Å². The normalized spacial score (nSPS) is 24.1. The first-order chi connectivity index (χ1) is 14.3. The molecule has 1 aromatic carbocycles. The summed E-state index contributed by atoms with van der Waals surface area (Å²) in [4.78, 5) is 21.3. The fourth-order valence-electron chi connectivity index (χ4n) is 4.60. The molecule has 6 rings (SSSR count). The maximum absolute atomic E-state index is 5.81. The summed E-state index contributed by atoms with van der Waals surface area (Å²) in [6.07, 6.45) is 13.0. The average molecular weight is 386 g/mol. The van der Waals surface area contributed by atoms with Gasteiger partial charge in [-0.3, -0.25) is 9.97 Å². The summed E-state index contributed by atoms with van der Waals surface area (Å²) in [5.41, 5.74) is 4.94. The maximum atomic E-state index is 5.81. The molecule has 4 heterocycles. The molecule has 146 valence electrons. The zero-order chi connectivity index (χ0) is 19.3. The highest BCUT2D eigenvalue weighted by atomic mass is 16.5. The Bertz CT molecular complexity index is 1190. The van der Waals surface area contributed by atoms with Crippen LogP contribution in [0.2, 0.25) is 0 Å². The molecule has 0 unspecified atom stereocenters. The number of rotatable bonds is 3. The number of nitrogens with one attached hydrogen (secondary N) is 2. The third-order valence-corrected chi connectivity index (χ3v) is 6.41. The van der Waals surface area contributed by atoms with E-state index in [1.165, 1.54) is 6.42 Å². The number of aromatic nitrogens is 5. The molecule has 2 fully saturated rings. The third-order valence-electron chi connectivity index (χ3n) is 6.41. The van der Waals surface area contributed by atoms with Gasteiger partial charge < -0.3 is 15.0 Å². The fraction of sp³-hybridized carbons (Fsp3) is 0.364. The van der Waals surface area contributed by atoms with Crippen LogP contribution in [0.5, 0.6) is 0 Å². The first-order valence-electron chi connectivity index (χ1n) is 10.2. The van der Waals surface area contributed by atoms with Crippen LogP contribution in [0.1, 0.15) is 32.1 Å². The van der Waals surface area contributed by atoms with E-state index in [-0.39, 0.29) is 5.60 Å². The molecule has 1 spiro atoms. The van der Waals surface area contributed by atoms with Crippen molar-refractivity contribution in [3.8, 4) is 11.1 Å². The van der Waals surface area contributed by atoms with Gasteiger partial charge in [0.15, 0.2) is 0 Å². The molecule has 1 aliphatic heterocycles. The Morgan fingerprint density at radius 2 is 1.86 bits per heavy atom. The fourth-order valence-corrected chi connectivity index (χ4v) is 4.60. The summed E-state index contributed by atoms with van der Waals surface area (Å²) < 4.78 is 5.81. The lowest BCUT2D eigenvalue weighted by Crippen LogP contribution is -2.48. The number of benzene rings is 1. The van der Waals surface area contributed by atoms with Crippen LogP contribution in [-0.4, -0.2) is 43.2 Å². The van der Waals surface area contributed by atoms with E-state index in [9.17, 15) is 0 Å². The first-order valence-corrected chi connectivity index (χ1v) is 10.2. The largest absolute Gasteiger partial charge is 0.375 e. The van der Waals surface area contributed by atoms with E-state index in [0.717, 1.165) is 65.5 Å². The standard InChI is InChI=1S/C22H22N6O/c1-2-18-19(24-9-8-23-18)11-14(1)16-12-25-20-17(16)13-26-21(28-20)27-15-3-5-22(6-4-15)7-10-29-22/h1-2,8-9,11-13,15H,3-7,10H2,(H2,25,26,27,28)/t15-,22+. The Labute approximate surface area is 168 Å². The van der Waals surface area contributed by atoms with Gasteiger partial charge in [0.05, 0.1) is 23.2 Å². The summed E-state index contributed by atoms with van der Waals surface area (Å²) in [5, 5.41) is 4.52. The second-order valence-electron chi connectivity index (χ2n) is 8.12. The van der Waals surface area contributed by atoms with E-state index >= 15 is 0 Å². The van der Waals surface area contributed by atoms with Crippen molar-refractivity contribution in [3.05, 3.63) is 43.0 Å². The number of hydrogen-bond donors (Lipinski definition) is 2. The van der Waals surface area contributed by atoms with Crippen LogP contribution in [0.25, 0.3) is 33.2 Å². The van der Waals surface area contributed by atoms with E-state index in [0.29, 0.717) is 12.0 Å². The van der Waals surface area contributed by atoms with Crippen LogP contribution in [0.3, 0.4) is 0 Å². The number of aromatic amines is 1. The molecule has 3 aromatic heterocycles. The molecule has 0 amide bonds. The molecule has 7 nitrogen and oxygen atoms in total. The van der Waals surface area contributed by atoms with Gasteiger partial charge in [-0.15, -0.1) is 0 Å². The van der Waals surface area contributed by atoms with Gasteiger partial charge in [0.2, 0.25) is 5.95 Å². The predicted molar refractivity (Wildman–Crippen MR) is 112 cm³/mol. The molecular formula is C22H22N6O. The van der Waals surface area contributed by atoms with Crippen LogP contribution in [0, 0.1) is 0 Å². The Hall–Kier alpha value is -3.06. The molecule has 0 atom stereocenters. The van der Waals surface area contributed by atoms with Gasteiger partial charge in [0.1, 0.15) is 5.65 Å². The molecular weight excluding hydrogens is 364 g/mol.